The second kappa shape index (κ2) is 6.35. The van der Waals surface area contributed by atoms with E-state index in [9.17, 15) is 10.1 Å². The van der Waals surface area contributed by atoms with Gasteiger partial charge < -0.3 is 0 Å². The summed E-state index contributed by atoms with van der Waals surface area (Å²) in [5.41, 5.74) is 0.965. The molecule has 104 valence electrons. The van der Waals surface area contributed by atoms with E-state index in [0.29, 0.717) is 0 Å². The minimum atomic E-state index is -0.420. The fraction of sp³-hybridized carbons (Fsp3) is 0.571. The highest BCUT2D eigenvalue weighted by Crippen LogP contribution is 2.31. The summed E-state index contributed by atoms with van der Waals surface area (Å²) in [5, 5.41) is 11.1. The van der Waals surface area contributed by atoms with Crippen LogP contribution in [0.5, 0.6) is 0 Å². The van der Waals surface area contributed by atoms with E-state index in [1.807, 2.05) is 6.07 Å². The van der Waals surface area contributed by atoms with Crippen molar-refractivity contribution in [3.05, 3.63) is 38.9 Å². The van der Waals surface area contributed by atoms with Gasteiger partial charge in [-0.05, 0) is 43.4 Å². The van der Waals surface area contributed by atoms with Crippen molar-refractivity contribution >= 4 is 17.3 Å². The third-order valence-corrected chi connectivity index (χ3v) is 3.69. The molecule has 0 N–H and O–H groups in total. The SMILES string of the molecule is CCCN(Cc1ccc(Cl)c([N+](=O)[O-])c1)CC1CC1. The Morgan fingerprint density at radius 1 is 1.47 bits per heavy atom. The van der Waals surface area contributed by atoms with Crippen LogP contribution in [0.15, 0.2) is 18.2 Å². The van der Waals surface area contributed by atoms with E-state index in [1.165, 1.54) is 12.8 Å². The highest BCUT2D eigenvalue weighted by Gasteiger charge is 2.24. The second-order valence-corrected chi connectivity index (χ2v) is 5.63. The molecule has 0 saturated heterocycles. The molecule has 1 aliphatic carbocycles. The van der Waals surface area contributed by atoms with Crippen LogP contribution in [0.4, 0.5) is 5.69 Å². The van der Waals surface area contributed by atoms with E-state index in [1.54, 1.807) is 12.1 Å². The van der Waals surface area contributed by atoms with E-state index in [2.05, 4.69) is 11.8 Å². The lowest BCUT2D eigenvalue weighted by atomic mass is 10.1. The highest BCUT2D eigenvalue weighted by molar-refractivity contribution is 6.32. The maximum atomic E-state index is 10.9. The Balaban J connectivity index is 2.06. The summed E-state index contributed by atoms with van der Waals surface area (Å²) < 4.78 is 0. The van der Waals surface area contributed by atoms with Crippen molar-refractivity contribution in [3.8, 4) is 0 Å². The minimum Gasteiger partial charge on any atom is -0.299 e. The van der Waals surface area contributed by atoms with Gasteiger partial charge in [0.15, 0.2) is 0 Å². The average Bonchev–Trinajstić information content (AvgIpc) is 3.15. The van der Waals surface area contributed by atoms with E-state index in [-0.39, 0.29) is 10.7 Å². The van der Waals surface area contributed by atoms with E-state index in [4.69, 9.17) is 11.6 Å². The van der Waals surface area contributed by atoms with Gasteiger partial charge in [0, 0.05) is 19.2 Å². The van der Waals surface area contributed by atoms with Gasteiger partial charge in [0.2, 0.25) is 0 Å². The standard InChI is InChI=1S/C14H19ClN2O2/c1-2-7-16(9-11-3-4-11)10-12-5-6-13(15)14(8-12)17(18)19/h5-6,8,11H,2-4,7,9-10H2,1H3. The molecule has 0 bridgehead atoms. The predicted molar refractivity (Wildman–Crippen MR) is 76.4 cm³/mol. The smallest absolute Gasteiger partial charge is 0.288 e. The van der Waals surface area contributed by atoms with Gasteiger partial charge in [0.05, 0.1) is 4.92 Å². The van der Waals surface area contributed by atoms with Crippen LogP contribution in [0.2, 0.25) is 5.02 Å². The molecule has 5 heteroatoms. The van der Waals surface area contributed by atoms with Crippen molar-refractivity contribution in [1.29, 1.82) is 0 Å². The number of nitrogens with zero attached hydrogens (tertiary/aromatic N) is 2. The third-order valence-electron chi connectivity index (χ3n) is 3.37. The Morgan fingerprint density at radius 3 is 2.79 bits per heavy atom. The summed E-state index contributed by atoms with van der Waals surface area (Å²) in [6, 6.07) is 5.10. The number of hydrogen-bond acceptors (Lipinski definition) is 3. The molecule has 0 atom stereocenters. The van der Waals surface area contributed by atoms with Crippen molar-refractivity contribution < 1.29 is 4.92 Å². The van der Waals surface area contributed by atoms with E-state index < -0.39 is 4.92 Å². The summed E-state index contributed by atoms with van der Waals surface area (Å²) in [7, 11) is 0. The van der Waals surface area contributed by atoms with Crippen molar-refractivity contribution in [3.63, 3.8) is 0 Å². The van der Waals surface area contributed by atoms with Gasteiger partial charge in [-0.15, -0.1) is 0 Å². The molecule has 0 spiro atoms. The van der Waals surface area contributed by atoms with Crippen molar-refractivity contribution in [2.24, 2.45) is 5.92 Å². The summed E-state index contributed by atoms with van der Waals surface area (Å²) in [5.74, 6) is 0.828. The first kappa shape index (κ1) is 14.3. The fourth-order valence-corrected chi connectivity index (χ4v) is 2.46. The van der Waals surface area contributed by atoms with Crippen molar-refractivity contribution in [2.45, 2.75) is 32.7 Å². The topological polar surface area (TPSA) is 46.4 Å². The Morgan fingerprint density at radius 2 is 2.21 bits per heavy atom. The molecule has 0 unspecified atom stereocenters. The molecule has 0 aliphatic heterocycles. The molecule has 19 heavy (non-hydrogen) atoms. The monoisotopic (exact) mass is 282 g/mol. The zero-order valence-electron chi connectivity index (χ0n) is 11.1. The number of hydrogen-bond donors (Lipinski definition) is 0. The van der Waals surface area contributed by atoms with E-state index in [0.717, 1.165) is 37.5 Å². The molecular weight excluding hydrogens is 264 g/mol. The largest absolute Gasteiger partial charge is 0.299 e. The zero-order chi connectivity index (χ0) is 13.8. The maximum Gasteiger partial charge on any atom is 0.288 e. The number of benzene rings is 1. The van der Waals surface area contributed by atoms with Crippen LogP contribution in [0.1, 0.15) is 31.7 Å². The number of rotatable bonds is 7. The zero-order valence-corrected chi connectivity index (χ0v) is 11.9. The molecule has 1 fully saturated rings. The molecule has 1 aromatic carbocycles. The molecule has 0 amide bonds. The van der Waals surface area contributed by atoms with Crippen LogP contribution in [-0.2, 0) is 6.54 Å². The molecule has 1 aromatic rings. The van der Waals surface area contributed by atoms with Gasteiger partial charge in [-0.25, -0.2) is 0 Å². The van der Waals surface area contributed by atoms with Gasteiger partial charge in [-0.3, -0.25) is 15.0 Å². The van der Waals surface area contributed by atoms with Crippen LogP contribution >= 0.6 is 11.6 Å². The first-order valence-corrected chi connectivity index (χ1v) is 7.13. The van der Waals surface area contributed by atoms with E-state index >= 15 is 0 Å². The number of nitro benzene ring substituents is 1. The van der Waals surface area contributed by atoms with Crippen LogP contribution in [0.3, 0.4) is 0 Å². The summed E-state index contributed by atoms with van der Waals surface area (Å²) >= 11 is 5.83. The first-order chi connectivity index (χ1) is 9.10. The Hall–Kier alpha value is -1.13. The maximum absolute atomic E-state index is 10.9. The number of nitro groups is 1. The normalized spacial score (nSPS) is 14.9. The third kappa shape index (κ3) is 4.18. The molecule has 2 rings (SSSR count). The van der Waals surface area contributed by atoms with Gasteiger partial charge in [-0.2, -0.15) is 0 Å². The lowest BCUT2D eigenvalue weighted by molar-refractivity contribution is -0.384. The predicted octanol–water partition coefficient (Wildman–Crippen LogP) is 3.87. The first-order valence-electron chi connectivity index (χ1n) is 6.75. The van der Waals surface area contributed by atoms with Crippen molar-refractivity contribution in [2.75, 3.05) is 13.1 Å². The van der Waals surface area contributed by atoms with Crippen molar-refractivity contribution in [1.82, 2.24) is 4.90 Å². The molecule has 0 heterocycles. The number of halogens is 1. The minimum absolute atomic E-state index is 0.00189. The van der Waals surface area contributed by atoms with Crippen LogP contribution in [0, 0.1) is 16.0 Å². The average molecular weight is 283 g/mol. The highest BCUT2D eigenvalue weighted by atomic mass is 35.5. The lowest BCUT2D eigenvalue weighted by Gasteiger charge is -2.21. The van der Waals surface area contributed by atoms with Crippen LogP contribution in [0.25, 0.3) is 0 Å². The summed E-state index contributed by atoms with van der Waals surface area (Å²) in [6.07, 6.45) is 3.74. The quantitative estimate of drug-likeness (QED) is 0.563. The summed E-state index contributed by atoms with van der Waals surface area (Å²) in [6.45, 7) is 5.06. The van der Waals surface area contributed by atoms with Crippen LogP contribution < -0.4 is 0 Å². The molecule has 4 nitrogen and oxygen atoms in total. The van der Waals surface area contributed by atoms with Gasteiger partial charge in [0.1, 0.15) is 5.02 Å². The second-order valence-electron chi connectivity index (χ2n) is 5.22. The van der Waals surface area contributed by atoms with Gasteiger partial charge in [-0.1, -0.05) is 24.6 Å². The Kier molecular flexibility index (Phi) is 4.77. The molecule has 1 aliphatic rings. The Labute approximate surface area is 118 Å². The molecule has 0 aromatic heterocycles. The molecule has 0 radical (unpaired) electrons. The molecule has 1 saturated carbocycles. The summed E-state index contributed by atoms with van der Waals surface area (Å²) in [4.78, 5) is 12.8. The Bertz CT molecular complexity index is 461. The van der Waals surface area contributed by atoms with Gasteiger partial charge >= 0.3 is 0 Å². The fourth-order valence-electron chi connectivity index (χ4n) is 2.27. The van der Waals surface area contributed by atoms with Crippen LogP contribution in [-0.4, -0.2) is 22.9 Å². The molecular formula is C14H19ClN2O2. The van der Waals surface area contributed by atoms with Gasteiger partial charge in [0.25, 0.3) is 5.69 Å². The lowest BCUT2D eigenvalue weighted by Crippen LogP contribution is -2.26.